The number of piperidine rings is 1. The summed E-state index contributed by atoms with van der Waals surface area (Å²) in [5, 5.41) is 1.13. The van der Waals surface area contributed by atoms with Gasteiger partial charge in [-0.1, -0.05) is 12.1 Å². The average Bonchev–Trinajstić information content (AvgIpc) is 3.16. The van der Waals surface area contributed by atoms with Crippen molar-refractivity contribution in [3.05, 3.63) is 48.4 Å². The number of fused-ring (bicyclic) bond motifs is 1. The van der Waals surface area contributed by atoms with Crippen molar-refractivity contribution in [3.8, 4) is 11.4 Å². The first kappa shape index (κ1) is 18.6. The lowest BCUT2D eigenvalue weighted by atomic mass is 9.97. The number of amides is 1. The molecule has 28 heavy (non-hydrogen) atoms. The van der Waals surface area contributed by atoms with Crippen molar-refractivity contribution < 1.29 is 4.79 Å². The van der Waals surface area contributed by atoms with Crippen LogP contribution in [0.2, 0.25) is 0 Å². The molecule has 4 rings (SSSR count). The van der Waals surface area contributed by atoms with Crippen molar-refractivity contribution in [3.63, 3.8) is 0 Å². The Morgan fingerprint density at radius 3 is 2.96 bits per heavy atom. The molecule has 1 aliphatic heterocycles. The standard InChI is InChI=1S/C22H27N5O/c1-16-7-8-19-18(6-2-9-24-19)20(16)22-25-10-14-27(22)13-4-12-26-11-3-5-17(15-26)21(23)28/h2,6-10,14,17H,3-5,11-13,15H2,1H3,(H2,23,28). The van der Waals surface area contributed by atoms with Crippen LogP contribution in [-0.4, -0.2) is 45.0 Å². The van der Waals surface area contributed by atoms with E-state index in [1.54, 1.807) is 0 Å². The molecule has 0 spiro atoms. The summed E-state index contributed by atoms with van der Waals surface area (Å²) in [6.07, 6.45) is 8.72. The predicted molar refractivity (Wildman–Crippen MR) is 111 cm³/mol. The lowest BCUT2D eigenvalue weighted by molar-refractivity contribution is -0.123. The van der Waals surface area contributed by atoms with Crippen molar-refractivity contribution in [2.24, 2.45) is 11.7 Å². The molecule has 1 unspecified atom stereocenters. The number of imidazole rings is 1. The number of carbonyl (C=O) groups excluding carboxylic acids is 1. The third kappa shape index (κ3) is 3.78. The number of aryl methyl sites for hydroxylation is 2. The van der Waals surface area contributed by atoms with Crippen molar-refractivity contribution >= 4 is 16.8 Å². The summed E-state index contributed by atoms with van der Waals surface area (Å²) in [4.78, 5) is 23.0. The lowest BCUT2D eigenvalue weighted by Gasteiger charge is -2.31. The Bertz CT molecular complexity index is 980. The number of carbonyl (C=O) groups is 1. The lowest BCUT2D eigenvalue weighted by Crippen LogP contribution is -2.41. The van der Waals surface area contributed by atoms with E-state index in [0.29, 0.717) is 0 Å². The molecule has 0 saturated carbocycles. The SMILES string of the molecule is Cc1ccc2ncccc2c1-c1nccn1CCCN1CCCC(C(N)=O)C1. The molecule has 1 saturated heterocycles. The number of aromatic nitrogens is 3. The van der Waals surface area contributed by atoms with Gasteiger partial charge in [0.05, 0.1) is 11.4 Å². The van der Waals surface area contributed by atoms with Crippen LogP contribution in [0.3, 0.4) is 0 Å². The normalized spacial score (nSPS) is 17.8. The van der Waals surface area contributed by atoms with Gasteiger partial charge in [0.2, 0.25) is 5.91 Å². The van der Waals surface area contributed by atoms with Gasteiger partial charge in [-0.15, -0.1) is 0 Å². The molecule has 1 aliphatic rings. The highest BCUT2D eigenvalue weighted by molar-refractivity contribution is 5.94. The summed E-state index contributed by atoms with van der Waals surface area (Å²) in [5.41, 5.74) is 8.84. The Balaban J connectivity index is 1.49. The highest BCUT2D eigenvalue weighted by atomic mass is 16.1. The third-order valence-corrected chi connectivity index (χ3v) is 5.71. The Morgan fingerprint density at radius 1 is 1.21 bits per heavy atom. The van der Waals surface area contributed by atoms with E-state index in [4.69, 9.17) is 5.73 Å². The van der Waals surface area contributed by atoms with E-state index in [9.17, 15) is 4.79 Å². The van der Waals surface area contributed by atoms with Gasteiger partial charge in [0.25, 0.3) is 0 Å². The Morgan fingerprint density at radius 2 is 2.11 bits per heavy atom. The maximum atomic E-state index is 11.5. The van der Waals surface area contributed by atoms with Crippen LogP contribution in [0.15, 0.2) is 42.9 Å². The van der Waals surface area contributed by atoms with Crippen LogP contribution in [0.1, 0.15) is 24.8 Å². The number of nitrogens with zero attached hydrogens (tertiary/aromatic N) is 4. The number of primary amides is 1. The average molecular weight is 377 g/mol. The second kappa shape index (κ2) is 8.10. The van der Waals surface area contributed by atoms with Crippen LogP contribution in [0.5, 0.6) is 0 Å². The first-order chi connectivity index (χ1) is 13.6. The van der Waals surface area contributed by atoms with Gasteiger partial charge in [0, 0.05) is 42.6 Å². The summed E-state index contributed by atoms with van der Waals surface area (Å²) in [6.45, 7) is 5.83. The quantitative estimate of drug-likeness (QED) is 0.716. The van der Waals surface area contributed by atoms with E-state index in [-0.39, 0.29) is 11.8 Å². The van der Waals surface area contributed by atoms with Gasteiger partial charge in [-0.25, -0.2) is 4.98 Å². The Kier molecular flexibility index (Phi) is 5.39. The number of pyridine rings is 1. The molecule has 1 amide bonds. The number of hydrogen-bond donors (Lipinski definition) is 1. The summed E-state index contributed by atoms with van der Waals surface area (Å²) < 4.78 is 2.23. The van der Waals surface area contributed by atoms with E-state index >= 15 is 0 Å². The summed E-state index contributed by atoms with van der Waals surface area (Å²) in [7, 11) is 0. The van der Waals surface area contributed by atoms with Crippen molar-refractivity contribution in [1.82, 2.24) is 19.4 Å². The molecule has 3 heterocycles. The highest BCUT2D eigenvalue weighted by Gasteiger charge is 2.23. The minimum Gasteiger partial charge on any atom is -0.369 e. The second-order valence-corrected chi connectivity index (χ2v) is 7.67. The predicted octanol–water partition coefficient (Wildman–Crippen LogP) is 2.99. The maximum Gasteiger partial charge on any atom is 0.221 e. The van der Waals surface area contributed by atoms with Crippen molar-refractivity contribution in [2.45, 2.75) is 32.7 Å². The zero-order valence-electron chi connectivity index (χ0n) is 16.3. The minimum atomic E-state index is -0.165. The van der Waals surface area contributed by atoms with Gasteiger partial charge in [0.15, 0.2) is 0 Å². The summed E-state index contributed by atoms with van der Waals surface area (Å²) in [5.74, 6) is 0.829. The highest BCUT2D eigenvalue weighted by Crippen LogP contribution is 2.30. The van der Waals surface area contributed by atoms with Crippen LogP contribution in [0.4, 0.5) is 0 Å². The third-order valence-electron chi connectivity index (χ3n) is 5.71. The van der Waals surface area contributed by atoms with Gasteiger partial charge >= 0.3 is 0 Å². The molecule has 2 aromatic heterocycles. The first-order valence-corrected chi connectivity index (χ1v) is 10.0. The molecule has 6 heteroatoms. The Labute approximate surface area is 165 Å². The van der Waals surface area contributed by atoms with E-state index in [1.807, 2.05) is 24.7 Å². The molecular formula is C22H27N5O. The number of likely N-dealkylation sites (tertiary alicyclic amines) is 1. The van der Waals surface area contributed by atoms with Crippen LogP contribution >= 0.6 is 0 Å². The Hall–Kier alpha value is -2.73. The molecule has 1 atom stereocenters. The molecule has 6 nitrogen and oxygen atoms in total. The van der Waals surface area contributed by atoms with Gasteiger partial charge in [-0.3, -0.25) is 9.78 Å². The zero-order chi connectivity index (χ0) is 19.5. The molecular weight excluding hydrogens is 350 g/mol. The van der Waals surface area contributed by atoms with Crippen LogP contribution in [0, 0.1) is 12.8 Å². The van der Waals surface area contributed by atoms with E-state index in [0.717, 1.165) is 67.7 Å². The zero-order valence-corrected chi connectivity index (χ0v) is 16.3. The van der Waals surface area contributed by atoms with Crippen LogP contribution in [0.25, 0.3) is 22.3 Å². The number of rotatable bonds is 6. The fourth-order valence-electron chi connectivity index (χ4n) is 4.23. The number of hydrogen-bond acceptors (Lipinski definition) is 4. The molecule has 0 aliphatic carbocycles. The van der Waals surface area contributed by atoms with Gasteiger partial charge in [-0.2, -0.15) is 0 Å². The smallest absolute Gasteiger partial charge is 0.221 e. The van der Waals surface area contributed by atoms with E-state index in [1.165, 1.54) is 5.56 Å². The van der Waals surface area contributed by atoms with E-state index in [2.05, 4.69) is 44.6 Å². The topological polar surface area (TPSA) is 77.0 Å². The maximum absolute atomic E-state index is 11.5. The molecule has 3 aromatic rings. The largest absolute Gasteiger partial charge is 0.369 e. The fourth-order valence-corrected chi connectivity index (χ4v) is 4.23. The van der Waals surface area contributed by atoms with Gasteiger partial charge in [0.1, 0.15) is 5.82 Å². The molecule has 0 radical (unpaired) electrons. The van der Waals surface area contributed by atoms with Gasteiger partial charge in [-0.05, 0) is 57.0 Å². The minimum absolute atomic E-state index is 0.00314. The molecule has 1 fully saturated rings. The molecule has 0 bridgehead atoms. The monoisotopic (exact) mass is 377 g/mol. The fraction of sp³-hybridized carbons (Fsp3) is 0.409. The number of nitrogens with two attached hydrogens (primary N) is 1. The second-order valence-electron chi connectivity index (χ2n) is 7.67. The van der Waals surface area contributed by atoms with Crippen LogP contribution < -0.4 is 5.73 Å². The molecule has 1 aromatic carbocycles. The first-order valence-electron chi connectivity index (χ1n) is 10.0. The van der Waals surface area contributed by atoms with Crippen LogP contribution in [-0.2, 0) is 11.3 Å². The van der Waals surface area contributed by atoms with E-state index < -0.39 is 0 Å². The summed E-state index contributed by atoms with van der Waals surface area (Å²) >= 11 is 0. The van der Waals surface area contributed by atoms with Gasteiger partial charge < -0.3 is 15.2 Å². The van der Waals surface area contributed by atoms with Crippen molar-refractivity contribution in [2.75, 3.05) is 19.6 Å². The summed E-state index contributed by atoms with van der Waals surface area (Å²) in [6, 6.07) is 8.26. The molecule has 2 N–H and O–H groups in total. The molecule has 146 valence electrons. The number of benzene rings is 1. The van der Waals surface area contributed by atoms with Crippen molar-refractivity contribution in [1.29, 1.82) is 0 Å².